The Hall–Kier alpha value is -3.36. The highest BCUT2D eigenvalue weighted by Gasteiger charge is 2.46. The summed E-state index contributed by atoms with van der Waals surface area (Å²) < 4.78 is 56.7. The van der Waals surface area contributed by atoms with Crippen molar-refractivity contribution in [3.05, 3.63) is 71.4 Å². The summed E-state index contributed by atoms with van der Waals surface area (Å²) in [5.74, 6) is -0.742. The molecule has 2 heterocycles. The lowest BCUT2D eigenvalue weighted by Gasteiger charge is -2.21. The second kappa shape index (κ2) is 39.9. The number of hydrogen-bond acceptors (Lipinski definition) is 17. The number of carbonyl (C=O) groups is 2. The number of aromatic nitrogens is 2. The molecule has 75 heavy (non-hydrogen) atoms. The van der Waals surface area contributed by atoms with E-state index in [2.05, 4.69) is 30.1 Å². The van der Waals surface area contributed by atoms with Gasteiger partial charge in [-0.3, -0.25) is 23.2 Å². The quantitative estimate of drug-likeness (QED) is 0.0138. The van der Waals surface area contributed by atoms with Crippen molar-refractivity contribution < 1.29 is 76.5 Å². The largest absolute Gasteiger partial charge is 0.481 e. The Morgan fingerprint density at radius 1 is 0.720 bits per heavy atom. The van der Waals surface area contributed by atoms with E-state index in [9.17, 15) is 53.7 Å². The van der Waals surface area contributed by atoms with Gasteiger partial charge in [-0.2, -0.15) is 9.29 Å². The van der Waals surface area contributed by atoms with Gasteiger partial charge < -0.3 is 50.2 Å². The minimum Gasteiger partial charge on any atom is -0.462 e. The van der Waals surface area contributed by atoms with E-state index in [0.29, 0.717) is 12.8 Å². The minimum absolute atomic E-state index is 0.00215. The molecule has 1 aromatic heterocycles. The maximum Gasteiger partial charge on any atom is 0.481 e. The van der Waals surface area contributed by atoms with Crippen LogP contribution >= 0.6 is 15.6 Å². The first kappa shape index (κ1) is 67.7. The number of hydrogen-bond donors (Lipinski definition) is 7. The van der Waals surface area contributed by atoms with Crippen LogP contribution in [0.5, 0.6) is 0 Å². The first-order valence-corrected chi connectivity index (χ1v) is 30.2. The lowest BCUT2D eigenvalue weighted by molar-refractivity contribution is -0.161. The zero-order valence-electron chi connectivity index (χ0n) is 44.7. The lowest BCUT2D eigenvalue weighted by Crippen LogP contribution is -2.36. The Kier molecular flexibility index (Phi) is 36.1. The third-order valence-corrected chi connectivity index (χ3v) is 14.9. The van der Waals surface area contributed by atoms with E-state index < -0.39 is 95.9 Å². The highest BCUT2D eigenvalue weighted by molar-refractivity contribution is 7.61. The number of rotatable bonds is 44. The Bertz CT molecular complexity index is 2000. The number of esters is 2. The molecule has 0 spiro atoms. The first-order valence-electron chi connectivity index (χ1n) is 27.2. The molecule has 1 aliphatic heterocycles. The summed E-state index contributed by atoms with van der Waals surface area (Å²) >= 11 is 0. The molecule has 0 aliphatic carbocycles. The van der Waals surface area contributed by atoms with Crippen molar-refractivity contribution >= 4 is 33.4 Å². The fourth-order valence-corrected chi connectivity index (χ4v) is 10.1. The molecule has 0 amide bonds. The molecule has 1 aromatic rings. The van der Waals surface area contributed by atoms with Crippen molar-refractivity contribution in [2.24, 2.45) is 5.92 Å². The SMILES string of the molecule is CCCCC[C@H](O)/C=C/C=C\C/C=C\C=C\[C@H](O)CCCC(=O)OC[C@H](COP(=O)(O)OP(=O)(O)OC[C@H]1O[C@@H](n2ccc(N)nc2=O)[C@H](O)[C@@H]1O)OC(=O)CCCCCCCCCCCCCCCCCC(C)C. The van der Waals surface area contributed by atoms with Gasteiger partial charge in [-0.25, -0.2) is 13.9 Å². The maximum absolute atomic E-state index is 12.9. The van der Waals surface area contributed by atoms with Gasteiger partial charge in [0.15, 0.2) is 12.3 Å². The Morgan fingerprint density at radius 2 is 1.24 bits per heavy atom. The standard InChI is InChI=1S/C53H91N3O17P2/c1-4-5-24-31-43(57)32-26-21-17-15-18-22-27-33-44(58)34-29-36-48(59)68-39-45(71-49(60)35-28-23-19-14-12-10-8-6-7-9-11-13-16-20-25-30-42(2)3)40-69-74(64,65)73-75(66,67)70-41-46-50(61)51(62)52(72-46)56-38-37-47(54)55-53(56)63/h17-18,21-22,26-27,32-33,37-38,42-46,50-52,57-58,61-62H,4-16,19-20,23-25,28-31,34-36,39-41H2,1-3H3,(H,64,65)(H,66,67)(H2,54,55,63)/b21-17-,22-18-,32-26+,33-27+/t43-,44-,45+,46+,50+,51+,52+/m0/s1. The van der Waals surface area contributed by atoms with Gasteiger partial charge in [0, 0.05) is 19.0 Å². The van der Waals surface area contributed by atoms with E-state index in [1.165, 1.54) is 76.7 Å². The molecular formula is C53H91N3O17P2. The zero-order chi connectivity index (χ0) is 55.3. The van der Waals surface area contributed by atoms with Gasteiger partial charge in [0.05, 0.1) is 25.4 Å². The van der Waals surface area contributed by atoms with Crippen LogP contribution in [0.2, 0.25) is 0 Å². The normalized spacial score (nSPS) is 20.1. The number of aliphatic hydroxyl groups excluding tert-OH is 4. The van der Waals surface area contributed by atoms with Gasteiger partial charge in [-0.1, -0.05) is 185 Å². The predicted octanol–water partition coefficient (Wildman–Crippen LogP) is 9.53. The molecule has 0 bridgehead atoms. The van der Waals surface area contributed by atoms with E-state index in [0.717, 1.165) is 68.0 Å². The molecule has 1 saturated heterocycles. The number of phosphoric ester groups is 2. The van der Waals surface area contributed by atoms with E-state index >= 15 is 0 Å². The number of allylic oxidation sites excluding steroid dienone is 6. The van der Waals surface area contributed by atoms with Crippen molar-refractivity contribution in [1.29, 1.82) is 0 Å². The van der Waals surface area contributed by atoms with Crippen LogP contribution in [0.3, 0.4) is 0 Å². The van der Waals surface area contributed by atoms with Crippen LogP contribution in [-0.2, 0) is 46.3 Å². The molecule has 430 valence electrons. The molecule has 1 fully saturated rings. The molecule has 1 aliphatic rings. The average molecular weight is 1100 g/mol. The fraction of sp³-hybridized carbons (Fsp3) is 0.736. The lowest BCUT2D eigenvalue weighted by atomic mass is 10.0. The van der Waals surface area contributed by atoms with Gasteiger partial charge >= 0.3 is 33.3 Å². The van der Waals surface area contributed by atoms with Gasteiger partial charge in [0.2, 0.25) is 0 Å². The number of phosphoric acid groups is 2. The summed E-state index contributed by atoms with van der Waals surface area (Å²) in [5.41, 5.74) is 4.57. The summed E-state index contributed by atoms with van der Waals surface area (Å²) in [5, 5.41) is 41.2. The van der Waals surface area contributed by atoms with Crippen LogP contribution in [0, 0.1) is 5.92 Å². The number of nitrogens with zero attached hydrogens (tertiary/aromatic N) is 2. The van der Waals surface area contributed by atoms with Crippen molar-refractivity contribution in [3.63, 3.8) is 0 Å². The molecule has 2 rings (SSSR count). The van der Waals surface area contributed by atoms with Crippen LogP contribution in [0.15, 0.2) is 65.7 Å². The van der Waals surface area contributed by atoms with Gasteiger partial charge in [0.1, 0.15) is 30.7 Å². The molecule has 2 unspecified atom stereocenters. The van der Waals surface area contributed by atoms with Crippen molar-refractivity contribution in [2.75, 3.05) is 25.6 Å². The van der Waals surface area contributed by atoms with Crippen molar-refractivity contribution in [2.45, 2.75) is 224 Å². The summed E-state index contributed by atoms with van der Waals surface area (Å²) in [6.07, 6.45) is 29.7. The van der Waals surface area contributed by atoms with E-state index in [1.54, 1.807) is 24.3 Å². The predicted molar refractivity (Wildman–Crippen MR) is 287 cm³/mol. The second-order valence-electron chi connectivity index (χ2n) is 19.6. The Labute approximate surface area is 445 Å². The molecule has 8 N–H and O–H groups in total. The summed E-state index contributed by atoms with van der Waals surface area (Å²) in [4.78, 5) is 62.0. The fourth-order valence-electron chi connectivity index (χ4n) is 8.01. The number of aliphatic hydroxyl groups is 4. The van der Waals surface area contributed by atoms with Crippen LogP contribution in [-0.4, -0.2) is 108 Å². The molecule has 0 radical (unpaired) electrons. The van der Waals surface area contributed by atoms with Gasteiger partial charge in [-0.05, 0) is 44.1 Å². The number of ether oxygens (including phenoxy) is 3. The van der Waals surface area contributed by atoms with Gasteiger partial charge in [-0.15, -0.1) is 0 Å². The highest BCUT2D eigenvalue weighted by Crippen LogP contribution is 2.60. The monoisotopic (exact) mass is 1100 g/mol. The van der Waals surface area contributed by atoms with E-state index in [1.807, 2.05) is 24.3 Å². The highest BCUT2D eigenvalue weighted by atomic mass is 31.3. The zero-order valence-corrected chi connectivity index (χ0v) is 46.5. The smallest absolute Gasteiger partial charge is 0.462 e. The molecule has 0 aromatic carbocycles. The topological polar surface area (TPSA) is 306 Å². The van der Waals surface area contributed by atoms with Crippen molar-refractivity contribution in [1.82, 2.24) is 9.55 Å². The molecule has 0 saturated carbocycles. The van der Waals surface area contributed by atoms with E-state index in [4.69, 9.17) is 29.0 Å². The van der Waals surface area contributed by atoms with Crippen LogP contribution < -0.4 is 11.4 Å². The van der Waals surface area contributed by atoms with Crippen LogP contribution in [0.25, 0.3) is 0 Å². The summed E-state index contributed by atoms with van der Waals surface area (Å²) in [7, 11) is -10.9. The molecule has 22 heteroatoms. The minimum atomic E-state index is -5.47. The molecule has 20 nitrogen and oxygen atoms in total. The number of unbranched alkanes of at least 4 members (excludes halogenated alkanes) is 16. The van der Waals surface area contributed by atoms with Crippen LogP contribution in [0.4, 0.5) is 5.82 Å². The number of nitrogen functional groups attached to an aromatic ring is 1. The number of nitrogens with two attached hydrogens (primary N) is 1. The van der Waals surface area contributed by atoms with Crippen LogP contribution in [0.1, 0.15) is 188 Å². The summed E-state index contributed by atoms with van der Waals surface area (Å²) in [6.45, 7) is 4.17. The summed E-state index contributed by atoms with van der Waals surface area (Å²) in [6, 6.07) is 1.24. The number of carbonyl (C=O) groups excluding carboxylic acids is 2. The molecular weight excluding hydrogens is 1010 g/mol. The Balaban J connectivity index is 1.83. The maximum atomic E-state index is 12.9. The van der Waals surface area contributed by atoms with Gasteiger partial charge in [0.25, 0.3) is 0 Å². The van der Waals surface area contributed by atoms with Crippen molar-refractivity contribution in [3.8, 4) is 0 Å². The third-order valence-electron chi connectivity index (χ3n) is 12.3. The Morgan fingerprint density at radius 3 is 1.80 bits per heavy atom. The molecule has 9 atom stereocenters. The number of anilines is 1. The second-order valence-corrected chi connectivity index (χ2v) is 22.7. The average Bonchev–Trinajstić information content (AvgIpc) is 3.63. The first-order chi connectivity index (χ1) is 35.8. The third kappa shape index (κ3) is 33.5. The van der Waals surface area contributed by atoms with E-state index in [-0.39, 0.29) is 31.5 Å².